The first-order valence-electron chi connectivity index (χ1n) is 9.43. The smallest absolute Gasteiger partial charge is 0.235 e. The van der Waals surface area contributed by atoms with Gasteiger partial charge in [-0.2, -0.15) is 0 Å². The Morgan fingerprint density at radius 3 is 2.11 bits per heavy atom. The van der Waals surface area contributed by atoms with E-state index in [0.29, 0.717) is 13.1 Å². The highest BCUT2D eigenvalue weighted by Crippen LogP contribution is 2.27. The Bertz CT molecular complexity index is 813. The second kappa shape index (κ2) is 9.15. The lowest BCUT2D eigenvalue weighted by atomic mass is 10.1. The van der Waals surface area contributed by atoms with Crippen molar-refractivity contribution in [3.63, 3.8) is 0 Å². The first kappa shape index (κ1) is 20.3. The fourth-order valence-electron chi connectivity index (χ4n) is 3.26. The number of benzene rings is 2. The number of ether oxygens (including phenoxy) is 1. The Balaban J connectivity index is 1.53. The van der Waals surface area contributed by atoms with Crippen molar-refractivity contribution in [1.82, 2.24) is 4.90 Å². The van der Waals surface area contributed by atoms with E-state index in [0.717, 1.165) is 35.0 Å². The third-order valence-corrected chi connectivity index (χ3v) is 6.05. The van der Waals surface area contributed by atoms with Crippen LogP contribution in [0.2, 0.25) is 0 Å². The van der Waals surface area contributed by atoms with Gasteiger partial charge in [-0.1, -0.05) is 0 Å². The highest BCUT2D eigenvalue weighted by Gasteiger charge is 2.25. The number of hydrogen-bond donors (Lipinski definition) is 0. The Kier molecular flexibility index (Phi) is 6.62. The molecule has 5 nitrogen and oxygen atoms in total. The number of thioether (sulfide) groups is 1. The van der Waals surface area contributed by atoms with Crippen LogP contribution >= 0.6 is 11.8 Å². The molecule has 0 aromatic heterocycles. The summed E-state index contributed by atoms with van der Waals surface area (Å²) in [6, 6.07) is 15.5. The molecule has 3 rings (SSSR count). The highest BCUT2D eigenvalue weighted by atomic mass is 32.2. The summed E-state index contributed by atoms with van der Waals surface area (Å²) in [5.41, 5.74) is 1.82. The van der Waals surface area contributed by atoms with Crippen LogP contribution in [0.5, 0.6) is 5.75 Å². The number of amides is 1. The topological polar surface area (TPSA) is 49.9 Å². The van der Waals surface area contributed by atoms with Crippen LogP contribution in [0.3, 0.4) is 0 Å². The lowest BCUT2D eigenvalue weighted by Gasteiger charge is -2.37. The summed E-state index contributed by atoms with van der Waals surface area (Å²) in [5.74, 6) is 1.06. The summed E-state index contributed by atoms with van der Waals surface area (Å²) in [6.45, 7) is 6.55. The third-order valence-electron chi connectivity index (χ3n) is 4.95. The fraction of sp³-hybridized carbons (Fsp3) is 0.364. The van der Waals surface area contributed by atoms with Crippen LogP contribution in [0.4, 0.5) is 5.69 Å². The van der Waals surface area contributed by atoms with Gasteiger partial charge in [-0.15, -0.1) is 11.8 Å². The molecular weight excluding hydrogens is 372 g/mol. The number of rotatable bonds is 6. The number of hydrogen-bond acceptors (Lipinski definition) is 5. The quantitative estimate of drug-likeness (QED) is 0.548. The molecule has 0 spiro atoms. The molecular formula is C22H26N2O3S. The normalized spacial score (nSPS) is 15.2. The summed E-state index contributed by atoms with van der Waals surface area (Å²) >= 11 is 1.57. The maximum atomic E-state index is 12.8. The molecule has 1 saturated heterocycles. The Hall–Kier alpha value is -2.47. The van der Waals surface area contributed by atoms with Crippen LogP contribution in [0.25, 0.3) is 0 Å². The zero-order valence-electron chi connectivity index (χ0n) is 16.6. The van der Waals surface area contributed by atoms with E-state index in [4.69, 9.17) is 4.74 Å². The molecule has 0 N–H and O–H groups in total. The monoisotopic (exact) mass is 398 g/mol. The van der Waals surface area contributed by atoms with Crippen LogP contribution in [0, 0.1) is 0 Å². The number of carbonyl (C=O) groups is 2. The van der Waals surface area contributed by atoms with E-state index in [1.165, 1.54) is 0 Å². The molecule has 1 atom stereocenters. The lowest BCUT2D eigenvalue weighted by Crippen LogP contribution is -2.50. The van der Waals surface area contributed by atoms with Gasteiger partial charge in [0.2, 0.25) is 5.91 Å². The molecule has 1 fully saturated rings. The molecule has 1 unspecified atom stereocenters. The number of anilines is 1. The van der Waals surface area contributed by atoms with Gasteiger partial charge in [0, 0.05) is 42.3 Å². The molecule has 1 amide bonds. The van der Waals surface area contributed by atoms with E-state index < -0.39 is 0 Å². The van der Waals surface area contributed by atoms with Gasteiger partial charge in [-0.05, 0) is 62.4 Å². The molecule has 2 aromatic carbocycles. The molecule has 0 bridgehead atoms. The average Bonchev–Trinajstić information content (AvgIpc) is 2.74. The Morgan fingerprint density at radius 1 is 0.964 bits per heavy atom. The van der Waals surface area contributed by atoms with Crippen LogP contribution in [-0.2, 0) is 4.79 Å². The number of carbonyl (C=O) groups excluding carboxylic acids is 2. The molecule has 1 aliphatic heterocycles. The minimum absolute atomic E-state index is 0.0744. The van der Waals surface area contributed by atoms with Crippen LogP contribution in [-0.4, -0.2) is 55.1 Å². The zero-order chi connectivity index (χ0) is 20.1. The predicted molar refractivity (Wildman–Crippen MR) is 114 cm³/mol. The first-order chi connectivity index (χ1) is 13.5. The highest BCUT2D eigenvalue weighted by molar-refractivity contribution is 8.00. The van der Waals surface area contributed by atoms with E-state index in [2.05, 4.69) is 4.90 Å². The summed E-state index contributed by atoms with van der Waals surface area (Å²) in [7, 11) is 1.64. The van der Waals surface area contributed by atoms with Crippen molar-refractivity contribution in [3.05, 3.63) is 54.1 Å². The van der Waals surface area contributed by atoms with Crippen LogP contribution < -0.4 is 9.64 Å². The predicted octanol–water partition coefficient (Wildman–Crippen LogP) is 3.73. The minimum Gasteiger partial charge on any atom is -0.497 e. The fourth-order valence-corrected chi connectivity index (χ4v) is 4.21. The molecule has 6 heteroatoms. The molecule has 0 radical (unpaired) electrons. The van der Waals surface area contributed by atoms with E-state index in [1.54, 1.807) is 25.8 Å². The van der Waals surface area contributed by atoms with E-state index >= 15 is 0 Å². The molecule has 28 heavy (non-hydrogen) atoms. The maximum absolute atomic E-state index is 12.8. The molecule has 0 aliphatic carbocycles. The van der Waals surface area contributed by atoms with Crippen molar-refractivity contribution in [3.8, 4) is 5.75 Å². The first-order valence-corrected chi connectivity index (χ1v) is 10.3. The average molecular weight is 399 g/mol. The van der Waals surface area contributed by atoms with Crippen molar-refractivity contribution in [2.75, 3.05) is 38.2 Å². The molecule has 148 valence electrons. The van der Waals surface area contributed by atoms with Crippen LogP contribution in [0.15, 0.2) is 53.4 Å². The standard InChI is InChI=1S/C22H26N2O3S/c1-16(25)18-4-6-19(7-5-18)23-12-14-24(15-13-23)22(26)17(2)28-21-10-8-20(27-3)9-11-21/h4-11,17H,12-15H2,1-3H3. The molecule has 2 aromatic rings. The number of piperazine rings is 1. The van der Waals surface area contributed by atoms with E-state index in [1.807, 2.05) is 60.4 Å². The molecule has 1 aliphatic rings. The summed E-state index contributed by atoms with van der Waals surface area (Å²) in [4.78, 5) is 29.5. The van der Waals surface area contributed by atoms with Crippen LogP contribution in [0.1, 0.15) is 24.2 Å². The number of Topliss-reactive ketones (excluding diaryl/α,β-unsaturated/α-hetero) is 1. The van der Waals surface area contributed by atoms with Crippen molar-refractivity contribution in [1.29, 1.82) is 0 Å². The van der Waals surface area contributed by atoms with Gasteiger partial charge in [0.15, 0.2) is 5.78 Å². The summed E-state index contributed by atoms with van der Waals surface area (Å²) in [5, 5.41) is -0.130. The third kappa shape index (κ3) is 4.87. The van der Waals surface area contributed by atoms with Crippen molar-refractivity contribution in [2.24, 2.45) is 0 Å². The van der Waals surface area contributed by atoms with Gasteiger partial charge >= 0.3 is 0 Å². The lowest BCUT2D eigenvalue weighted by molar-refractivity contribution is -0.130. The second-order valence-corrected chi connectivity index (χ2v) is 8.27. The minimum atomic E-state index is -0.130. The number of methoxy groups -OCH3 is 1. The molecule has 0 saturated carbocycles. The van der Waals surface area contributed by atoms with E-state index in [-0.39, 0.29) is 16.9 Å². The van der Waals surface area contributed by atoms with Gasteiger partial charge in [0.05, 0.1) is 12.4 Å². The van der Waals surface area contributed by atoms with Crippen molar-refractivity contribution in [2.45, 2.75) is 24.0 Å². The number of ketones is 1. The molecule has 1 heterocycles. The maximum Gasteiger partial charge on any atom is 0.235 e. The van der Waals surface area contributed by atoms with Gasteiger partial charge in [0.25, 0.3) is 0 Å². The Morgan fingerprint density at radius 2 is 1.57 bits per heavy atom. The summed E-state index contributed by atoms with van der Waals surface area (Å²) in [6.07, 6.45) is 0. The van der Waals surface area contributed by atoms with Gasteiger partial charge in [-0.25, -0.2) is 0 Å². The SMILES string of the molecule is COc1ccc(SC(C)C(=O)N2CCN(c3ccc(C(C)=O)cc3)CC2)cc1. The Labute approximate surface area is 170 Å². The van der Waals surface area contributed by atoms with E-state index in [9.17, 15) is 9.59 Å². The van der Waals surface area contributed by atoms with Gasteiger partial charge < -0.3 is 14.5 Å². The second-order valence-electron chi connectivity index (χ2n) is 6.85. The zero-order valence-corrected chi connectivity index (χ0v) is 17.4. The van der Waals surface area contributed by atoms with Crippen molar-refractivity contribution < 1.29 is 14.3 Å². The summed E-state index contributed by atoms with van der Waals surface area (Å²) < 4.78 is 5.18. The van der Waals surface area contributed by atoms with Gasteiger partial charge in [-0.3, -0.25) is 9.59 Å². The van der Waals surface area contributed by atoms with Crippen molar-refractivity contribution >= 4 is 29.1 Å². The number of nitrogens with zero attached hydrogens (tertiary/aromatic N) is 2. The van der Waals surface area contributed by atoms with Gasteiger partial charge in [0.1, 0.15) is 5.75 Å². The largest absolute Gasteiger partial charge is 0.497 e.